The average molecular weight is 311 g/mol. The molecule has 5 heteroatoms. The van der Waals surface area contributed by atoms with Crippen LogP contribution >= 0.6 is 11.3 Å². The van der Waals surface area contributed by atoms with Crippen LogP contribution in [0.15, 0.2) is 6.20 Å². The summed E-state index contributed by atoms with van der Waals surface area (Å²) in [6, 6.07) is -0.125. The van der Waals surface area contributed by atoms with Crippen LogP contribution < -0.4 is 5.32 Å². The van der Waals surface area contributed by atoms with Crippen molar-refractivity contribution in [1.82, 2.24) is 15.2 Å². The molecule has 0 aliphatic heterocycles. The number of amides is 1. The number of nitrogens with zero attached hydrogens (tertiary/aromatic N) is 2. The molecule has 0 bridgehead atoms. The largest absolute Gasteiger partial charge is 0.347 e. The Bertz CT molecular complexity index is 460. The molecule has 0 aromatic carbocycles. The van der Waals surface area contributed by atoms with Crippen LogP contribution in [-0.4, -0.2) is 35.9 Å². The van der Waals surface area contributed by atoms with Gasteiger partial charge >= 0.3 is 0 Å². The first-order chi connectivity index (χ1) is 9.61. The molecule has 1 heterocycles. The SMILES string of the molecule is CC(C)CC(NCc1cnc(C(C)(C)C)s1)C(=O)N(C)C. The Hall–Kier alpha value is -0.940. The number of carbonyl (C=O) groups excluding carboxylic acids is 1. The maximum absolute atomic E-state index is 12.2. The van der Waals surface area contributed by atoms with Crippen molar-refractivity contribution in [2.24, 2.45) is 5.92 Å². The molecule has 1 unspecified atom stereocenters. The van der Waals surface area contributed by atoms with Crippen LogP contribution in [0.4, 0.5) is 0 Å². The lowest BCUT2D eigenvalue weighted by atomic mass is 9.98. The first-order valence-electron chi connectivity index (χ1n) is 7.51. The molecule has 1 aromatic heterocycles. The number of hydrogen-bond donors (Lipinski definition) is 1. The summed E-state index contributed by atoms with van der Waals surface area (Å²) in [6.07, 6.45) is 2.77. The molecule has 0 fully saturated rings. The number of likely N-dealkylation sites (N-methyl/N-ethyl adjacent to an activating group) is 1. The predicted molar refractivity (Wildman–Crippen MR) is 89.6 cm³/mol. The molecule has 1 atom stereocenters. The van der Waals surface area contributed by atoms with E-state index >= 15 is 0 Å². The van der Waals surface area contributed by atoms with Crippen molar-refractivity contribution < 1.29 is 4.79 Å². The molecular formula is C16H29N3OS. The maximum Gasteiger partial charge on any atom is 0.239 e. The van der Waals surface area contributed by atoms with Gasteiger partial charge in [0, 0.05) is 37.1 Å². The minimum atomic E-state index is -0.125. The van der Waals surface area contributed by atoms with Crippen LogP contribution in [-0.2, 0) is 16.8 Å². The van der Waals surface area contributed by atoms with Gasteiger partial charge in [0.2, 0.25) is 5.91 Å². The second-order valence-corrected chi connectivity index (χ2v) is 8.29. The summed E-state index contributed by atoms with van der Waals surface area (Å²) in [5.74, 6) is 0.627. The van der Waals surface area contributed by atoms with Crippen molar-refractivity contribution in [3.63, 3.8) is 0 Å². The summed E-state index contributed by atoms with van der Waals surface area (Å²) in [5.41, 5.74) is 0.0830. The lowest BCUT2D eigenvalue weighted by molar-refractivity contribution is -0.131. The Kier molecular flexibility index (Phi) is 6.35. The number of carbonyl (C=O) groups is 1. The van der Waals surface area contributed by atoms with Gasteiger partial charge in [-0.3, -0.25) is 4.79 Å². The molecule has 0 aliphatic rings. The van der Waals surface area contributed by atoms with E-state index in [0.717, 1.165) is 11.4 Å². The van der Waals surface area contributed by atoms with Crippen molar-refractivity contribution in [1.29, 1.82) is 0 Å². The van der Waals surface area contributed by atoms with Crippen molar-refractivity contribution in [2.45, 2.75) is 59.0 Å². The molecule has 0 saturated heterocycles. The third-order valence-electron chi connectivity index (χ3n) is 3.16. The topological polar surface area (TPSA) is 45.2 Å². The quantitative estimate of drug-likeness (QED) is 0.878. The number of hydrogen-bond acceptors (Lipinski definition) is 4. The van der Waals surface area contributed by atoms with Crippen LogP contribution in [0.2, 0.25) is 0 Å². The van der Waals surface area contributed by atoms with E-state index in [0.29, 0.717) is 12.5 Å². The fourth-order valence-electron chi connectivity index (χ4n) is 2.01. The van der Waals surface area contributed by atoms with Crippen LogP contribution in [0, 0.1) is 5.92 Å². The second-order valence-electron chi connectivity index (χ2n) is 7.18. The molecule has 1 rings (SSSR count). The van der Waals surface area contributed by atoms with Crippen molar-refractivity contribution in [3.8, 4) is 0 Å². The minimum Gasteiger partial charge on any atom is -0.347 e. The van der Waals surface area contributed by atoms with E-state index in [-0.39, 0.29) is 17.4 Å². The Morgan fingerprint density at radius 1 is 1.38 bits per heavy atom. The summed E-state index contributed by atoms with van der Waals surface area (Å²) in [7, 11) is 3.61. The van der Waals surface area contributed by atoms with Gasteiger partial charge in [-0.2, -0.15) is 0 Å². The molecule has 0 aliphatic carbocycles. The number of nitrogens with one attached hydrogen (secondary N) is 1. The highest BCUT2D eigenvalue weighted by Gasteiger charge is 2.22. The Balaban J connectivity index is 2.68. The van der Waals surface area contributed by atoms with Gasteiger partial charge in [-0.05, 0) is 12.3 Å². The van der Waals surface area contributed by atoms with Crippen molar-refractivity contribution in [2.75, 3.05) is 14.1 Å². The minimum absolute atomic E-state index is 0.0830. The van der Waals surface area contributed by atoms with Crippen LogP contribution in [0.5, 0.6) is 0 Å². The monoisotopic (exact) mass is 311 g/mol. The maximum atomic E-state index is 12.2. The van der Waals surface area contributed by atoms with Gasteiger partial charge in [-0.1, -0.05) is 34.6 Å². The van der Waals surface area contributed by atoms with Gasteiger partial charge in [0.25, 0.3) is 0 Å². The highest BCUT2D eigenvalue weighted by molar-refractivity contribution is 7.11. The zero-order chi connectivity index (χ0) is 16.2. The van der Waals surface area contributed by atoms with Gasteiger partial charge in [0.05, 0.1) is 11.0 Å². The molecule has 0 radical (unpaired) electrons. The van der Waals surface area contributed by atoms with Gasteiger partial charge < -0.3 is 10.2 Å². The fourth-order valence-corrected chi connectivity index (χ4v) is 2.94. The van der Waals surface area contributed by atoms with Gasteiger partial charge in [-0.25, -0.2) is 4.98 Å². The van der Waals surface area contributed by atoms with Crippen LogP contribution in [0.25, 0.3) is 0 Å². The highest BCUT2D eigenvalue weighted by Crippen LogP contribution is 2.26. The first kappa shape index (κ1) is 18.1. The molecule has 120 valence electrons. The van der Waals surface area contributed by atoms with Crippen LogP contribution in [0.3, 0.4) is 0 Å². The van der Waals surface area contributed by atoms with E-state index in [1.807, 2.05) is 20.3 Å². The first-order valence-corrected chi connectivity index (χ1v) is 8.32. The zero-order valence-corrected chi connectivity index (χ0v) is 15.2. The van der Waals surface area contributed by atoms with E-state index in [1.165, 1.54) is 4.88 Å². The predicted octanol–water partition coefficient (Wildman–Crippen LogP) is 3.03. The summed E-state index contributed by atoms with van der Waals surface area (Å²) >= 11 is 1.72. The Morgan fingerprint density at radius 3 is 2.43 bits per heavy atom. The normalized spacial score (nSPS) is 13.5. The third-order valence-corrected chi connectivity index (χ3v) is 4.59. The number of aromatic nitrogens is 1. The lowest BCUT2D eigenvalue weighted by Gasteiger charge is -2.23. The van der Waals surface area contributed by atoms with Crippen LogP contribution in [0.1, 0.15) is 50.9 Å². The Morgan fingerprint density at radius 2 is 2.00 bits per heavy atom. The molecule has 1 amide bonds. The molecule has 4 nitrogen and oxygen atoms in total. The van der Waals surface area contributed by atoms with E-state index in [1.54, 1.807) is 16.2 Å². The number of rotatable bonds is 6. The van der Waals surface area contributed by atoms with Crippen molar-refractivity contribution in [3.05, 3.63) is 16.1 Å². The van der Waals surface area contributed by atoms with Crippen molar-refractivity contribution >= 4 is 17.2 Å². The van der Waals surface area contributed by atoms with Gasteiger partial charge in [-0.15, -0.1) is 11.3 Å². The summed E-state index contributed by atoms with van der Waals surface area (Å²) in [6.45, 7) is 11.5. The molecule has 1 N–H and O–H groups in total. The summed E-state index contributed by atoms with van der Waals surface area (Å²) in [5, 5.41) is 4.53. The van der Waals surface area contributed by atoms with E-state index < -0.39 is 0 Å². The third kappa shape index (κ3) is 5.75. The Labute approximate surface area is 133 Å². The lowest BCUT2D eigenvalue weighted by Crippen LogP contribution is -2.44. The zero-order valence-electron chi connectivity index (χ0n) is 14.4. The average Bonchev–Trinajstić information content (AvgIpc) is 2.81. The van der Waals surface area contributed by atoms with Gasteiger partial charge in [0.1, 0.15) is 0 Å². The summed E-state index contributed by atoms with van der Waals surface area (Å²) < 4.78 is 0. The molecule has 0 saturated carbocycles. The fraction of sp³-hybridized carbons (Fsp3) is 0.750. The smallest absolute Gasteiger partial charge is 0.239 e. The molecule has 0 spiro atoms. The molecule has 1 aromatic rings. The summed E-state index contributed by atoms with van der Waals surface area (Å²) in [4.78, 5) is 19.5. The van der Waals surface area contributed by atoms with Gasteiger partial charge in [0.15, 0.2) is 0 Å². The standard InChI is InChI=1S/C16H29N3OS/c1-11(2)8-13(14(20)19(6)7)17-9-12-10-18-15(21-12)16(3,4)5/h10-11,13,17H,8-9H2,1-7H3. The van der Waals surface area contributed by atoms with E-state index in [9.17, 15) is 4.79 Å². The molecular weight excluding hydrogens is 282 g/mol. The number of thiazole rings is 1. The van der Waals surface area contributed by atoms with E-state index in [4.69, 9.17) is 0 Å². The van der Waals surface area contributed by atoms with E-state index in [2.05, 4.69) is 44.9 Å². The second kappa shape index (κ2) is 7.36. The molecule has 21 heavy (non-hydrogen) atoms. The highest BCUT2D eigenvalue weighted by atomic mass is 32.1.